The third-order valence-electron chi connectivity index (χ3n) is 6.25. The lowest BCUT2D eigenvalue weighted by molar-refractivity contribution is -0.135. The highest BCUT2D eigenvalue weighted by Gasteiger charge is 2.48. The van der Waals surface area contributed by atoms with Gasteiger partial charge in [-0.25, -0.2) is 0 Å². The van der Waals surface area contributed by atoms with Crippen LogP contribution in [0.5, 0.6) is 0 Å². The predicted octanol–water partition coefficient (Wildman–Crippen LogP) is 3.29. The standard InChI is InChI=1S/C21H28F3N3O3S/c1-13-7-20(4-5-26(13)10-15-8-25-27(11-15)9-14(2)29)18-16(3-6-30-20)17(12-28)19(31-18)21(22,23)24/h8,11,13-14,28-29H,3-7,9-10,12H2,1-2H3/t13-,14?,20+/m0/s1. The van der Waals surface area contributed by atoms with Crippen LogP contribution in [0.2, 0.25) is 0 Å². The Hall–Kier alpha value is -1.46. The third kappa shape index (κ3) is 4.41. The van der Waals surface area contributed by atoms with Gasteiger partial charge in [0.15, 0.2) is 0 Å². The lowest BCUT2D eigenvalue weighted by atomic mass is 9.81. The number of piperidine rings is 1. The maximum Gasteiger partial charge on any atom is 0.425 e. The Balaban J connectivity index is 1.54. The zero-order chi connectivity index (χ0) is 22.4. The van der Waals surface area contributed by atoms with Crippen LogP contribution in [0.25, 0.3) is 0 Å². The van der Waals surface area contributed by atoms with Crippen molar-refractivity contribution in [3.05, 3.63) is 38.8 Å². The Morgan fingerprint density at radius 1 is 1.42 bits per heavy atom. The highest BCUT2D eigenvalue weighted by molar-refractivity contribution is 7.12. The molecule has 0 saturated carbocycles. The van der Waals surface area contributed by atoms with E-state index in [1.54, 1.807) is 17.8 Å². The van der Waals surface area contributed by atoms with Gasteiger partial charge in [0.1, 0.15) is 10.5 Å². The van der Waals surface area contributed by atoms with Gasteiger partial charge in [-0.2, -0.15) is 18.3 Å². The van der Waals surface area contributed by atoms with E-state index >= 15 is 0 Å². The van der Waals surface area contributed by atoms with Crippen molar-refractivity contribution in [3.63, 3.8) is 0 Å². The number of rotatable bonds is 5. The summed E-state index contributed by atoms with van der Waals surface area (Å²) in [5, 5.41) is 23.5. The van der Waals surface area contributed by atoms with Crippen LogP contribution in [-0.2, 0) is 42.6 Å². The van der Waals surface area contributed by atoms with Gasteiger partial charge in [-0.1, -0.05) is 0 Å². The van der Waals surface area contributed by atoms with Gasteiger partial charge in [0.05, 0.1) is 32.1 Å². The van der Waals surface area contributed by atoms with E-state index in [0.29, 0.717) is 55.9 Å². The summed E-state index contributed by atoms with van der Waals surface area (Å²) in [5.41, 5.74) is 0.964. The highest BCUT2D eigenvalue weighted by atomic mass is 32.1. The summed E-state index contributed by atoms with van der Waals surface area (Å²) >= 11 is 0.750. The largest absolute Gasteiger partial charge is 0.425 e. The Morgan fingerprint density at radius 2 is 2.19 bits per heavy atom. The molecule has 4 heterocycles. The van der Waals surface area contributed by atoms with Crippen molar-refractivity contribution in [2.75, 3.05) is 13.2 Å². The molecule has 1 saturated heterocycles. The Kier molecular flexibility index (Phi) is 6.21. The van der Waals surface area contributed by atoms with Crippen molar-refractivity contribution in [1.82, 2.24) is 14.7 Å². The van der Waals surface area contributed by atoms with Gasteiger partial charge in [0, 0.05) is 41.3 Å². The number of halogens is 3. The molecular weight excluding hydrogens is 431 g/mol. The van der Waals surface area contributed by atoms with Crippen LogP contribution in [0, 0.1) is 0 Å². The number of fused-ring (bicyclic) bond motifs is 2. The first-order valence-electron chi connectivity index (χ1n) is 10.5. The zero-order valence-corrected chi connectivity index (χ0v) is 18.5. The molecule has 2 aliphatic rings. The number of ether oxygens (including phenoxy) is 1. The van der Waals surface area contributed by atoms with Gasteiger partial charge in [0.2, 0.25) is 0 Å². The van der Waals surface area contributed by atoms with E-state index < -0.39 is 29.4 Å². The number of thiophene rings is 1. The molecule has 0 aromatic carbocycles. The van der Waals surface area contributed by atoms with E-state index in [2.05, 4.69) is 16.9 Å². The molecule has 3 atom stereocenters. The normalized spacial score (nSPS) is 25.7. The van der Waals surface area contributed by atoms with Gasteiger partial charge < -0.3 is 14.9 Å². The summed E-state index contributed by atoms with van der Waals surface area (Å²) in [7, 11) is 0. The first-order chi connectivity index (χ1) is 14.6. The lowest BCUT2D eigenvalue weighted by Gasteiger charge is -2.47. The topological polar surface area (TPSA) is 70.8 Å². The molecule has 0 aliphatic carbocycles. The first-order valence-corrected chi connectivity index (χ1v) is 11.3. The van der Waals surface area contributed by atoms with Crippen LogP contribution < -0.4 is 0 Å². The van der Waals surface area contributed by atoms with Crippen LogP contribution in [0.4, 0.5) is 13.2 Å². The SMILES string of the molecule is CC(O)Cn1cc(CN2CC[C@]3(C[C@@H]2C)OCCc2c3sc(C(F)(F)F)c2CO)cn1. The molecule has 6 nitrogen and oxygen atoms in total. The number of hydrogen-bond donors (Lipinski definition) is 2. The Bertz CT molecular complexity index is 927. The fourth-order valence-corrected chi connectivity index (χ4v) is 6.27. The fourth-order valence-electron chi connectivity index (χ4n) is 4.86. The number of nitrogens with zero attached hydrogens (tertiary/aromatic N) is 3. The fraction of sp³-hybridized carbons (Fsp3) is 0.667. The van der Waals surface area contributed by atoms with Crippen molar-refractivity contribution >= 4 is 11.3 Å². The summed E-state index contributed by atoms with van der Waals surface area (Å²) < 4.78 is 48.6. The van der Waals surface area contributed by atoms with Gasteiger partial charge >= 0.3 is 6.18 Å². The molecule has 1 spiro atoms. The molecule has 2 aromatic heterocycles. The molecule has 2 aliphatic heterocycles. The molecule has 0 radical (unpaired) electrons. The number of alkyl halides is 3. The summed E-state index contributed by atoms with van der Waals surface area (Å²) in [4.78, 5) is 2.24. The second-order valence-electron chi connectivity index (χ2n) is 8.66. The van der Waals surface area contributed by atoms with Gasteiger partial charge in [-0.05, 0) is 38.7 Å². The maximum absolute atomic E-state index is 13.6. The molecule has 0 bridgehead atoms. The van der Waals surface area contributed by atoms with Crippen LogP contribution in [0.15, 0.2) is 12.4 Å². The van der Waals surface area contributed by atoms with Crippen molar-refractivity contribution in [2.45, 2.75) is 76.7 Å². The molecule has 2 aromatic rings. The third-order valence-corrected chi connectivity index (χ3v) is 7.76. The summed E-state index contributed by atoms with van der Waals surface area (Å²) in [5.74, 6) is 0. The predicted molar refractivity (Wildman–Crippen MR) is 110 cm³/mol. The van der Waals surface area contributed by atoms with E-state index in [1.165, 1.54) is 0 Å². The van der Waals surface area contributed by atoms with E-state index in [9.17, 15) is 23.4 Å². The van der Waals surface area contributed by atoms with Crippen molar-refractivity contribution < 1.29 is 28.1 Å². The second kappa shape index (κ2) is 8.47. The van der Waals surface area contributed by atoms with Crippen LogP contribution >= 0.6 is 11.3 Å². The van der Waals surface area contributed by atoms with Gasteiger partial charge in [0.25, 0.3) is 0 Å². The van der Waals surface area contributed by atoms with Gasteiger partial charge in [-0.15, -0.1) is 11.3 Å². The molecule has 172 valence electrons. The van der Waals surface area contributed by atoms with Crippen molar-refractivity contribution in [2.24, 2.45) is 0 Å². The summed E-state index contributed by atoms with van der Waals surface area (Å²) in [6, 6.07) is 0.105. The second-order valence-corrected chi connectivity index (χ2v) is 9.68. The summed E-state index contributed by atoms with van der Waals surface area (Å²) in [6.45, 7) is 5.36. The molecule has 0 amide bonds. The van der Waals surface area contributed by atoms with E-state index in [0.717, 1.165) is 16.9 Å². The molecule has 4 rings (SSSR count). The van der Waals surface area contributed by atoms with E-state index in [4.69, 9.17) is 4.74 Å². The Labute approximate surface area is 183 Å². The number of aliphatic hydroxyl groups is 2. The lowest BCUT2D eigenvalue weighted by Crippen LogP contribution is -2.50. The number of aromatic nitrogens is 2. The molecule has 1 fully saturated rings. The van der Waals surface area contributed by atoms with Gasteiger partial charge in [-0.3, -0.25) is 9.58 Å². The van der Waals surface area contributed by atoms with Crippen LogP contribution in [0.3, 0.4) is 0 Å². The average Bonchev–Trinajstić information content (AvgIpc) is 3.28. The van der Waals surface area contributed by atoms with Crippen LogP contribution in [-0.4, -0.2) is 50.2 Å². The van der Waals surface area contributed by atoms with Crippen LogP contribution in [0.1, 0.15) is 53.1 Å². The minimum atomic E-state index is -4.47. The number of aliphatic hydroxyl groups excluding tert-OH is 2. The maximum atomic E-state index is 13.6. The number of hydrogen-bond acceptors (Lipinski definition) is 6. The minimum Gasteiger partial charge on any atom is -0.392 e. The molecular formula is C21H28F3N3O3S. The molecule has 1 unspecified atom stereocenters. The monoisotopic (exact) mass is 459 g/mol. The minimum absolute atomic E-state index is 0.0239. The molecule has 31 heavy (non-hydrogen) atoms. The zero-order valence-electron chi connectivity index (χ0n) is 17.7. The first kappa shape index (κ1) is 22.7. The smallest absolute Gasteiger partial charge is 0.392 e. The Morgan fingerprint density at radius 3 is 2.84 bits per heavy atom. The quantitative estimate of drug-likeness (QED) is 0.718. The van der Waals surface area contributed by atoms with Crippen molar-refractivity contribution in [1.29, 1.82) is 0 Å². The van der Waals surface area contributed by atoms with E-state index in [1.807, 2.05) is 6.20 Å². The molecule has 2 N–H and O–H groups in total. The summed E-state index contributed by atoms with van der Waals surface area (Å²) in [6.07, 6.45) is 0.368. The average molecular weight is 460 g/mol. The number of likely N-dealkylation sites (tertiary alicyclic amines) is 1. The molecule has 10 heteroatoms. The van der Waals surface area contributed by atoms with E-state index in [-0.39, 0.29) is 11.6 Å². The van der Waals surface area contributed by atoms with Crippen molar-refractivity contribution in [3.8, 4) is 0 Å². The highest BCUT2D eigenvalue weighted by Crippen LogP contribution is 2.51.